The van der Waals surface area contributed by atoms with E-state index in [9.17, 15) is 9.90 Å². The summed E-state index contributed by atoms with van der Waals surface area (Å²) in [5.41, 5.74) is 5.18. The van der Waals surface area contributed by atoms with Gasteiger partial charge in [0.1, 0.15) is 5.75 Å². The predicted octanol–water partition coefficient (Wildman–Crippen LogP) is 4.26. The van der Waals surface area contributed by atoms with Crippen molar-refractivity contribution < 1.29 is 14.6 Å². The molecule has 2 N–H and O–H groups in total. The maximum Gasteiger partial charge on any atom is 0.333 e. The Bertz CT molecular complexity index is 834. The molecule has 5 heteroatoms. The van der Waals surface area contributed by atoms with Crippen molar-refractivity contribution in [2.24, 2.45) is 5.92 Å². The van der Waals surface area contributed by atoms with E-state index in [1.54, 1.807) is 7.11 Å². The molecular weight excluding hydrogens is 340 g/mol. The molecule has 1 aromatic rings. The topological polar surface area (TPSA) is 61.8 Å². The summed E-state index contributed by atoms with van der Waals surface area (Å²) in [6.45, 7) is 5.29. The summed E-state index contributed by atoms with van der Waals surface area (Å²) in [5.74, 6) is 0.573. The van der Waals surface area contributed by atoms with E-state index in [1.165, 1.54) is 17.5 Å². The summed E-state index contributed by atoms with van der Waals surface area (Å²) in [4.78, 5) is 13.8. The Kier molecular flexibility index (Phi) is 4.41. The smallest absolute Gasteiger partial charge is 0.333 e. The Labute approximate surface area is 160 Å². The molecule has 1 aliphatic carbocycles. The van der Waals surface area contributed by atoms with E-state index >= 15 is 0 Å². The number of anilines is 1. The van der Waals surface area contributed by atoms with Crippen LogP contribution in [0.2, 0.25) is 0 Å². The van der Waals surface area contributed by atoms with Crippen molar-refractivity contribution >= 4 is 17.4 Å². The van der Waals surface area contributed by atoms with E-state index in [1.807, 2.05) is 6.20 Å². The molecular formula is C22H28N2O3. The number of methoxy groups -OCH3 is 1. The van der Waals surface area contributed by atoms with Gasteiger partial charge in [0.05, 0.1) is 18.4 Å². The number of carboxylic acid groups (broad SMARTS) is 1. The average Bonchev–Trinajstić information content (AvgIpc) is 2.62. The molecule has 1 fully saturated rings. The maximum absolute atomic E-state index is 11.5. The number of aliphatic carboxylic acids is 1. The number of rotatable bonds is 5. The zero-order valence-corrected chi connectivity index (χ0v) is 16.3. The Balaban J connectivity index is 1.77. The maximum atomic E-state index is 11.5. The molecule has 3 aliphatic rings. The summed E-state index contributed by atoms with van der Waals surface area (Å²) in [5, 5.41) is 13.0. The van der Waals surface area contributed by atoms with Gasteiger partial charge < -0.3 is 20.1 Å². The van der Waals surface area contributed by atoms with Crippen molar-refractivity contribution in [3.8, 4) is 5.75 Å². The van der Waals surface area contributed by atoms with Gasteiger partial charge >= 0.3 is 5.97 Å². The van der Waals surface area contributed by atoms with Gasteiger partial charge in [-0.05, 0) is 49.3 Å². The normalized spacial score (nSPS) is 19.6. The number of benzene rings is 1. The molecule has 0 bridgehead atoms. The minimum absolute atomic E-state index is 0.0316. The van der Waals surface area contributed by atoms with Gasteiger partial charge in [0.2, 0.25) is 0 Å². The van der Waals surface area contributed by atoms with Crippen molar-refractivity contribution in [1.82, 2.24) is 4.90 Å². The molecule has 1 aromatic carbocycles. The van der Waals surface area contributed by atoms with Crippen LogP contribution in [0.15, 0.2) is 30.0 Å². The van der Waals surface area contributed by atoms with E-state index in [4.69, 9.17) is 4.74 Å². The molecule has 5 nitrogen and oxygen atoms in total. The van der Waals surface area contributed by atoms with E-state index in [2.05, 4.69) is 42.3 Å². The lowest BCUT2D eigenvalue weighted by molar-refractivity contribution is -0.132. The predicted molar refractivity (Wildman–Crippen MR) is 107 cm³/mol. The van der Waals surface area contributed by atoms with Crippen molar-refractivity contribution in [2.45, 2.75) is 51.5 Å². The molecule has 2 heterocycles. The number of nitrogens with one attached hydrogen (secondary N) is 1. The third kappa shape index (κ3) is 2.99. The third-order valence-electron chi connectivity index (χ3n) is 6.05. The minimum atomic E-state index is -0.823. The van der Waals surface area contributed by atoms with Crippen LogP contribution in [-0.2, 0) is 11.2 Å². The Morgan fingerprint density at radius 3 is 2.74 bits per heavy atom. The van der Waals surface area contributed by atoms with Gasteiger partial charge in [0.15, 0.2) is 0 Å². The van der Waals surface area contributed by atoms with E-state index in [-0.39, 0.29) is 5.54 Å². The van der Waals surface area contributed by atoms with Crippen LogP contribution in [0.5, 0.6) is 5.75 Å². The lowest BCUT2D eigenvalue weighted by atomic mass is 9.67. The zero-order chi connectivity index (χ0) is 19.2. The van der Waals surface area contributed by atoms with Crippen molar-refractivity contribution in [2.75, 3.05) is 19.0 Å². The van der Waals surface area contributed by atoms with Crippen molar-refractivity contribution in [3.63, 3.8) is 0 Å². The van der Waals surface area contributed by atoms with Crippen LogP contribution in [0.1, 0.15) is 50.7 Å². The first-order chi connectivity index (χ1) is 12.9. The first-order valence-electron chi connectivity index (χ1n) is 9.82. The van der Waals surface area contributed by atoms with Crippen LogP contribution in [0.25, 0.3) is 5.70 Å². The van der Waals surface area contributed by atoms with Gasteiger partial charge in [-0.15, -0.1) is 0 Å². The second-order valence-electron chi connectivity index (χ2n) is 8.36. The Morgan fingerprint density at radius 2 is 2.15 bits per heavy atom. The first kappa shape index (κ1) is 18.0. The molecule has 0 saturated heterocycles. The molecule has 1 saturated carbocycles. The number of nitrogens with zero attached hydrogens (tertiary/aromatic N) is 1. The van der Waals surface area contributed by atoms with Crippen LogP contribution in [-0.4, -0.2) is 35.2 Å². The molecule has 0 radical (unpaired) electrons. The van der Waals surface area contributed by atoms with Crippen molar-refractivity contribution in [3.05, 3.63) is 41.1 Å². The molecule has 0 atom stereocenters. The summed E-state index contributed by atoms with van der Waals surface area (Å²) in [6.07, 6.45) is 8.76. The number of carbonyl (C=O) groups is 1. The van der Waals surface area contributed by atoms with E-state index in [0.29, 0.717) is 17.9 Å². The number of carboxylic acids is 1. The highest BCUT2D eigenvalue weighted by molar-refractivity contribution is 5.89. The van der Waals surface area contributed by atoms with Gasteiger partial charge in [-0.25, -0.2) is 4.79 Å². The summed E-state index contributed by atoms with van der Waals surface area (Å²) in [6, 6.07) is 4.35. The number of allylic oxidation sites excluding steroid dienone is 1. The molecule has 1 spiro atoms. The molecule has 2 aliphatic heterocycles. The Hall–Kier alpha value is -2.43. The molecule has 27 heavy (non-hydrogen) atoms. The van der Waals surface area contributed by atoms with Crippen molar-refractivity contribution in [1.29, 1.82) is 0 Å². The number of hydrogen-bond acceptors (Lipinski definition) is 4. The second kappa shape index (κ2) is 6.63. The molecule has 144 valence electrons. The van der Waals surface area contributed by atoms with Crippen LogP contribution in [0, 0.1) is 5.92 Å². The molecule has 4 rings (SSSR count). The van der Waals surface area contributed by atoms with Crippen LogP contribution in [0.4, 0.5) is 5.69 Å². The van der Waals surface area contributed by atoms with Gasteiger partial charge in [0, 0.05) is 36.0 Å². The van der Waals surface area contributed by atoms with Gasteiger partial charge in [-0.2, -0.15) is 0 Å². The Morgan fingerprint density at radius 1 is 1.37 bits per heavy atom. The fraction of sp³-hybridized carbons (Fsp3) is 0.500. The molecule has 0 amide bonds. The summed E-state index contributed by atoms with van der Waals surface area (Å²) in [7, 11) is 1.70. The largest absolute Gasteiger partial charge is 0.495 e. The van der Waals surface area contributed by atoms with E-state index < -0.39 is 5.97 Å². The van der Waals surface area contributed by atoms with Crippen LogP contribution < -0.4 is 10.1 Å². The second-order valence-corrected chi connectivity index (χ2v) is 8.36. The highest BCUT2D eigenvalue weighted by Crippen LogP contribution is 2.51. The average molecular weight is 368 g/mol. The highest BCUT2D eigenvalue weighted by Gasteiger charge is 2.47. The molecule has 0 aromatic heterocycles. The number of ether oxygens (including phenoxy) is 1. The summed E-state index contributed by atoms with van der Waals surface area (Å²) >= 11 is 0. The first-order valence-corrected chi connectivity index (χ1v) is 9.82. The lowest BCUT2D eigenvalue weighted by Gasteiger charge is -2.55. The standard InChI is InChI=1S/C22H28N2O3/c1-14(2)12-23-18-9-16-11-22(7-4-8-22)24-13-15(21(25)26)5-6-19(24)17(16)10-20(18)27-3/h6,9-10,13-14,23H,4-5,7-8,11-12H2,1-3H3,(H,25,26). The quantitative estimate of drug-likeness (QED) is 0.813. The fourth-order valence-electron chi connectivity index (χ4n) is 4.43. The monoisotopic (exact) mass is 368 g/mol. The van der Waals surface area contributed by atoms with E-state index in [0.717, 1.165) is 42.9 Å². The fourth-order valence-corrected chi connectivity index (χ4v) is 4.43. The lowest BCUT2D eigenvalue weighted by Crippen LogP contribution is -2.55. The summed E-state index contributed by atoms with van der Waals surface area (Å²) < 4.78 is 5.66. The number of hydrogen-bond donors (Lipinski definition) is 2. The molecule has 0 unspecified atom stereocenters. The van der Waals surface area contributed by atoms with Crippen LogP contribution in [0.3, 0.4) is 0 Å². The highest BCUT2D eigenvalue weighted by atomic mass is 16.5. The zero-order valence-electron chi connectivity index (χ0n) is 16.3. The minimum Gasteiger partial charge on any atom is -0.495 e. The third-order valence-corrected chi connectivity index (χ3v) is 6.05. The van der Waals surface area contributed by atoms with Crippen LogP contribution >= 0.6 is 0 Å². The van der Waals surface area contributed by atoms with Gasteiger partial charge in [-0.1, -0.05) is 19.9 Å². The van der Waals surface area contributed by atoms with Gasteiger partial charge in [0.25, 0.3) is 0 Å². The number of fused-ring (bicyclic) bond motifs is 4. The van der Waals surface area contributed by atoms with Gasteiger partial charge in [-0.3, -0.25) is 0 Å². The SMILES string of the molecule is COc1cc2c(cc1NCC(C)C)CC1(CCC1)N1C=C(C(=O)O)CC=C21.